The van der Waals surface area contributed by atoms with Crippen LogP contribution in [-0.2, 0) is 6.54 Å². The zero-order valence-electron chi connectivity index (χ0n) is 5.97. The van der Waals surface area contributed by atoms with E-state index in [0.29, 0.717) is 6.54 Å². The molecule has 1 rings (SSSR count). The van der Waals surface area contributed by atoms with Gasteiger partial charge >= 0.3 is 0 Å². The molecule has 0 aromatic heterocycles. The summed E-state index contributed by atoms with van der Waals surface area (Å²) in [7, 11) is 0. The Morgan fingerprint density at radius 1 is 1.55 bits per heavy atom. The van der Waals surface area contributed by atoms with E-state index in [1.54, 1.807) is 6.07 Å². The number of hydrogen-bond acceptors (Lipinski definition) is 1. The molecule has 0 aliphatic carbocycles. The van der Waals surface area contributed by atoms with Gasteiger partial charge in [0.2, 0.25) is 0 Å². The fourth-order valence-electron chi connectivity index (χ4n) is 0.800. The summed E-state index contributed by atoms with van der Waals surface area (Å²) in [6.07, 6.45) is 4.96. The third kappa shape index (κ3) is 2.30. The third-order valence-electron chi connectivity index (χ3n) is 1.28. The van der Waals surface area contributed by atoms with Gasteiger partial charge in [0.05, 0.1) is 0 Å². The predicted molar refractivity (Wildman–Crippen MR) is 42.1 cm³/mol. The average molecular weight is 149 g/mol. The number of rotatable bonds is 2. The van der Waals surface area contributed by atoms with E-state index in [4.69, 9.17) is 6.42 Å². The molecule has 0 saturated carbocycles. The zero-order valence-corrected chi connectivity index (χ0v) is 5.97. The van der Waals surface area contributed by atoms with Gasteiger partial charge in [0.15, 0.2) is 0 Å². The standard InChI is InChI=1S/C9H8FN/c1-2-11-7-8-4-3-5-9(10)6-8/h1,3-6,11H,7H2. The topological polar surface area (TPSA) is 12.0 Å². The van der Waals surface area contributed by atoms with Crippen molar-refractivity contribution in [2.45, 2.75) is 6.54 Å². The molecule has 0 atom stereocenters. The van der Waals surface area contributed by atoms with Gasteiger partial charge in [0.25, 0.3) is 0 Å². The van der Waals surface area contributed by atoms with Crippen molar-refractivity contribution in [2.75, 3.05) is 0 Å². The molecular weight excluding hydrogens is 141 g/mol. The van der Waals surface area contributed by atoms with Gasteiger partial charge in [0, 0.05) is 12.6 Å². The molecule has 0 fully saturated rings. The van der Waals surface area contributed by atoms with E-state index in [1.807, 2.05) is 6.07 Å². The van der Waals surface area contributed by atoms with E-state index in [9.17, 15) is 4.39 Å². The van der Waals surface area contributed by atoms with Gasteiger partial charge in [-0.15, -0.1) is 0 Å². The first-order chi connectivity index (χ1) is 5.33. The van der Waals surface area contributed by atoms with Gasteiger partial charge in [-0.3, -0.25) is 0 Å². The minimum atomic E-state index is -0.235. The van der Waals surface area contributed by atoms with Crippen LogP contribution in [0.3, 0.4) is 0 Å². The van der Waals surface area contributed by atoms with Crippen LogP contribution in [-0.4, -0.2) is 0 Å². The van der Waals surface area contributed by atoms with Crippen LogP contribution in [0.1, 0.15) is 5.56 Å². The lowest BCUT2D eigenvalue weighted by Gasteiger charge is -1.98. The van der Waals surface area contributed by atoms with Gasteiger partial charge in [-0.1, -0.05) is 18.6 Å². The van der Waals surface area contributed by atoms with Gasteiger partial charge in [-0.2, -0.15) is 0 Å². The normalized spacial score (nSPS) is 8.73. The Balaban J connectivity index is 2.65. The Bertz CT molecular complexity index is 275. The molecule has 0 unspecified atom stereocenters. The number of nitrogens with one attached hydrogen (secondary N) is 1. The molecule has 1 aromatic rings. The summed E-state index contributed by atoms with van der Waals surface area (Å²) in [6, 6.07) is 8.58. The summed E-state index contributed by atoms with van der Waals surface area (Å²) in [4.78, 5) is 0. The van der Waals surface area contributed by atoms with Crippen molar-refractivity contribution < 1.29 is 4.39 Å². The predicted octanol–water partition coefficient (Wildman–Crippen LogP) is 1.51. The molecule has 1 aromatic carbocycles. The largest absolute Gasteiger partial charge is 0.342 e. The summed E-state index contributed by atoms with van der Waals surface area (Å²) in [5.41, 5.74) is 0.850. The van der Waals surface area contributed by atoms with Crippen molar-refractivity contribution in [1.82, 2.24) is 5.32 Å². The van der Waals surface area contributed by atoms with Crippen molar-refractivity contribution in [3.05, 3.63) is 35.6 Å². The highest BCUT2D eigenvalue weighted by Gasteiger charge is 1.91. The summed E-state index contributed by atoms with van der Waals surface area (Å²) in [6.45, 7) is 0.508. The first-order valence-electron chi connectivity index (χ1n) is 3.26. The highest BCUT2D eigenvalue weighted by atomic mass is 19.1. The van der Waals surface area contributed by atoms with Crippen LogP contribution in [0, 0.1) is 18.3 Å². The maximum atomic E-state index is 12.5. The number of benzene rings is 1. The molecule has 56 valence electrons. The van der Waals surface area contributed by atoms with Crippen LogP contribution in [0.2, 0.25) is 0 Å². The summed E-state index contributed by atoms with van der Waals surface area (Å²) in [5, 5.41) is 2.65. The van der Waals surface area contributed by atoms with E-state index in [0.717, 1.165) is 5.56 Å². The maximum absolute atomic E-state index is 12.5. The van der Waals surface area contributed by atoms with Crippen LogP contribution in [0.25, 0.3) is 0 Å². The quantitative estimate of drug-likeness (QED) is 0.496. The molecule has 0 aliphatic heterocycles. The summed E-state index contributed by atoms with van der Waals surface area (Å²) >= 11 is 0. The summed E-state index contributed by atoms with van der Waals surface area (Å²) < 4.78 is 12.5. The fraction of sp³-hybridized carbons (Fsp3) is 0.111. The number of terminal acetylenes is 1. The highest BCUT2D eigenvalue weighted by Crippen LogP contribution is 2.01. The molecule has 11 heavy (non-hydrogen) atoms. The summed E-state index contributed by atoms with van der Waals surface area (Å²) in [5.74, 6) is -0.235. The van der Waals surface area contributed by atoms with Crippen LogP contribution in [0.4, 0.5) is 4.39 Å². The Morgan fingerprint density at radius 2 is 2.36 bits per heavy atom. The Labute approximate surface area is 65.2 Å². The SMILES string of the molecule is C#CNCc1cccc(F)c1. The second-order valence-corrected chi connectivity index (χ2v) is 2.13. The first-order valence-corrected chi connectivity index (χ1v) is 3.26. The van der Waals surface area contributed by atoms with Crippen molar-refractivity contribution >= 4 is 0 Å². The molecular formula is C9H8FN. The lowest BCUT2D eigenvalue weighted by Crippen LogP contribution is -2.04. The Hall–Kier alpha value is -1.49. The number of halogens is 1. The van der Waals surface area contributed by atoms with Gasteiger partial charge < -0.3 is 5.32 Å². The van der Waals surface area contributed by atoms with Gasteiger partial charge in [-0.05, 0) is 17.7 Å². The lowest BCUT2D eigenvalue weighted by molar-refractivity contribution is 0.624. The van der Waals surface area contributed by atoms with Crippen molar-refractivity contribution in [3.63, 3.8) is 0 Å². The average Bonchev–Trinajstić information content (AvgIpc) is 2.01. The third-order valence-corrected chi connectivity index (χ3v) is 1.28. The Morgan fingerprint density at radius 3 is 3.00 bits per heavy atom. The zero-order chi connectivity index (χ0) is 8.10. The molecule has 0 bridgehead atoms. The van der Waals surface area contributed by atoms with Crippen LogP contribution >= 0.6 is 0 Å². The van der Waals surface area contributed by atoms with Gasteiger partial charge in [0.1, 0.15) is 5.82 Å². The lowest BCUT2D eigenvalue weighted by atomic mass is 10.2. The highest BCUT2D eigenvalue weighted by molar-refractivity contribution is 5.16. The molecule has 0 amide bonds. The molecule has 0 aliphatic rings. The molecule has 0 saturated heterocycles. The van der Waals surface area contributed by atoms with E-state index in [2.05, 4.69) is 11.4 Å². The smallest absolute Gasteiger partial charge is 0.123 e. The first kappa shape index (κ1) is 7.62. The molecule has 1 N–H and O–H groups in total. The molecule has 2 heteroatoms. The van der Waals surface area contributed by atoms with E-state index in [1.165, 1.54) is 12.1 Å². The van der Waals surface area contributed by atoms with E-state index >= 15 is 0 Å². The van der Waals surface area contributed by atoms with Gasteiger partial charge in [-0.25, -0.2) is 4.39 Å². The Kier molecular flexibility index (Phi) is 2.51. The second-order valence-electron chi connectivity index (χ2n) is 2.13. The maximum Gasteiger partial charge on any atom is 0.123 e. The van der Waals surface area contributed by atoms with Crippen molar-refractivity contribution in [2.24, 2.45) is 0 Å². The minimum Gasteiger partial charge on any atom is -0.342 e. The fourth-order valence-corrected chi connectivity index (χ4v) is 0.800. The van der Waals surface area contributed by atoms with Crippen LogP contribution < -0.4 is 5.32 Å². The van der Waals surface area contributed by atoms with Crippen LogP contribution in [0.15, 0.2) is 24.3 Å². The van der Waals surface area contributed by atoms with Crippen LogP contribution in [0.5, 0.6) is 0 Å². The van der Waals surface area contributed by atoms with Crippen molar-refractivity contribution in [3.8, 4) is 12.5 Å². The molecule has 0 spiro atoms. The van der Waals surface area contributed by atoms with E-state index in [-0.39, 0.29) is 5.82 Å². The minimum absolute atomic E-state index is 0.235. The second kappa shape index (κ2) is 3.62. The van der Waals surface area contributed by atoms with Crippen molar-refractivity contribution in [1.29, 1.82) is 0 Å². The molecule has 0 heterocycles. The molecule has 1 nitrogen and oxygen atoms in total. The number of hydrogen-bond donors (Lipinski definition) is 1. The monoisotopic (exact) mass is 149 g/mol. The molecule has 0 radical (unpaired) electrons. The van der Waals surface area contributed by atoms with E-state index < -0.39 is 0 Å².